The minimum atomic E-state index is -3.23. The fourth-order valence-corrected chi connectivity index (χ4v) is 3.79. The zero-order chi connectivity index (χ0) is 18.0. The Balaban J connectivity index is 1.68. The molecule has 0 saturated heterocycles. The van der Waals surface area contributed by atoms with E-state index in [1.165, 1.54) is 25.4 Å². The first kappa shape index (κ1) is 17.1. The lowest BCUT2D eigenvalue weighted by molar-refractivity contribution is -0.123. The number of esters is 1. The first-order valence-electron chi connectivity index (χ1n) is 7.53. The molecule has 0 radical (unpaired) electrons. The molecule has 0 aliphatic carbocycles. The summed E-state index contributed by atoms with van der Waals surface area (Å²) in [6.07, 6.45) is 3.48. The van der Waals surface area contributed by atoms with E-state index in [9.17, 15) is 18.0 Å². The van der Waals surface area contributed by atoms with Crippen molar-refractivity contribution in [2.45, 2.75) is 25.3 Å². The Labute approximate surface area is 144 Å². The first-order chi connectivity index (χ1) is 11.9. The molecule has 3 rings (SSSR count). The number of fused-ring (bicyclic) bond motifs is 1. The molecule has 2 aromatic heterocycles. The Morgan fingerprint density at radius 2 is 2.04 bits per heavy atom. The molecule has 0 aromatic carbocycles. The van der Waals surface area contributed by atoms with Crippen molar-refractivity contribution in [3.05, 3.63) is 42.0 Å². The molecule has 0 bridgehead atoms. The van der Waals surface area contributed by atoms with Crippen molar-refractivity contribution in [3.8, 4) is 0 Å². The number of nitrogens with zero attached hydrogens (tertiary/aromatic N) is 3. The number of hydrogen-bond donors (Lipinski definition) is 1. The molecule has 0 fully saturated rings. The molecule has 25 heavy (non-hydrogen) atoms. The summed E-state index contributed by atoms with van der Waals surface area (Å²) in [6.45, 7) is 1.71. The molecular weight excluding hydrogens is 348 g/mol. The molecule has 10 heteroatoms. The van der Waals surface area contributed by atoms with Gasteiger partial charge in [-0.15, -0.1) is 0 Å². The Hall–Kier alpha value is -2.75. The molecule has 1 amide bonds. The minimum absolute atomic E-state index is 0.0407. The van der Waals surface area contributed by atoms with Crippen LogP contribution in [-0.2, 0) is 31.7 Å². The van der Waals surface area contributed by atoms with Crippen LogP contribution >= 0.6 is 0 Å². The lowest BCUT2D eigenvalue weighted by Crippen LogP contribution is -2.31. The number of sulfone groups is 1. The third-order valence-electron chi connectivity index (χ3n) is 3.75. The number of anilines is 1. The Morgan fingerprint density at radius 1 is 1.32 bits per heavy atom. The first-order valence-corrected chi connectivity index (χ1v) is 9.35. The van der Waals surface area contributed by atoms with E-state index in [1.54, 1.807) is 16.8 Å². The number of nitrogens with one attached hydrogen (secondary N) is 1. The molecule has 0 saturated carbocycles. The average Bonchev–Trinajstić information content (AvgIpc) is 2.97. The molecule has 132 valence electrons. The SMILES string of the molecule is CC(OC(=O)c1ccn2c1CS(=O)(=O)CC2)C(=O)Nc1ncccn1. The molecule has 0 spiro atoms. The maximum Gasteiger partial charge on any atom is 0.340 e. The summed E-state index contributed by atoms with van der Waals surface area (Å²) in [5, 5.41) is 2.43. The second kappa shape index (κ2) is 6.63. The van der Waals surface area contributed by atoms with Crippen molar-refractivity contribution in [1.29, 1.82) is 0 Å². The van der Waals surface area contributed by atoms with Gasteiger partial charge in [-0.2, -0.15) is 0 Å². The highest BCUT2D eigenvalue weighted by Crippen LogP contribution is 2.21. The number of carbonyl (C=O) groups is 2. The molecule has 1 unspecified atom stereocenters. The summed E-state index contributed by atoms with van der Waals surface area (Å²) in [6, 6.07) is 3.10. The van der Waals surface area contributed by atoms with Crippen LogP contribution in [0.1, 0.15) is 23.0 Å². The van der Waals surface area contributed by atoms with Gasteiger partial charge in [-0.25, -0.2) is 23.2 Å². The number of ether oxygens (including phenoxy) is 1. The van der Waals surface area contributed by atoms with E-state index in [1.807, 2.05) is 0 Å². The summed E-state index contributed by atoms with van der Waals surface area (Å²) < 4.78 is 30.4. The van der Waals surface area contributed by atoms with Crippen LogP contribution in [0.2, 0.25) is 0 Å². The van der Waals surface area contributed by atoms with E-state index < -0.39 is 27.8 Å². The summed E-state index contributed by atoms with van der Waals surface area (Å²) in [7, 11) is -3.23. The fraction of sp³-hybridized carbons (Fsp3) is 0.333. The van der Waals surface area contributed by atoms with Crippen LogP contribution in [0.25, 0.3) is 0 Å². The highest BCUT2D eigenvalue weighted by Gasteiger charge is 2.28. The predicted octanol–water partition coefficient (Wildman–Crippen LogP) is 0.390. The second-order valence-electron chi connectivity index (χ2n) is 5.57. The smallest absolute Gasteiger partial charge is 0.340 e. The molecule has 1 aliphatic heterocycles. The molecule has 1 N–H and O–H groups in total. The largest absolute Gasteiger partial charge is 0.449 e. The van der Waals surface area contributed by atoms with E-state index in [2.05, 4.69) is 15.3 Å². The maximum absolute atomic E-state index is 12.3. The second-order valence-corrected chi connectivity index (χ2v) is 7.75. The third-order valence-corrected chi connectivity index (χ3v) is 5.27. The van der Waals surface area contributed by atoms with Gasteiger partial charge in [-0.05, 0) is 19.1 Å². The van der Waals surface area contributed by atoms with Crippen molar-refractivity contribution in [3.63, 3.8) is 0 Å². The van der Waals surface area contributed by atoms with Gasteiger partial charge in [-0.1, -0.05) is 0 Å². The summed E-state index contributed by atoms with van der Waals surface area (Å²) in [4.78, 5) is 32.1. The van der Waals surface area contributed by atoms with E-state index in [0.29, 0.717) is 12.2 Å². The number of rotatable bonds is 4. The van der Waals surface area contributed by atoms with Gasteiger partial charge in [0.2, 0.25) is 5.95 Å². The highest BCUT2D eigenvalue weighted by atomic mass is 32.2. The van der Waals surface area contributed by atoms with E-state index in [0.717, 1.165) is 0 Å². The zero-order valence-electron chi connectivity index (χ0n) is 13.4. The van der Waals surface area contributed by atoms with Gasteiger partial charge in [0.15, 0.2) is 15.9 Å². The third kappa shape index (κ3) is 3.85. The lowest BCUT2D eigenvalue weighted by Gasteiger charge is -2.17. The van der Waals surface area contributed by atoms with E-state index in [-0.39, 0.29) is 23.0 Å². The predicted molar refractivity (Wildman–Crippen MR) is 87.5 cm³/mol. The number of amides is 1. The Morgan fingerprint density at radius 3 is 2.76 bits per heavy atom. The number of carbonyl (C=O) groups excluding carboxylic acids is 2. The summed E-state index contributed by atoms with van der Waals surface area (Å²) in [5.41, 5.74) is 0.536. The zero-order valence-corrected chi connectivity index (χ0v) is 14.2. The van der Waals surface area contributed by atoms with Crippen LogP contribution in [-0.4, -0.2) is 46.7 Å². The maximum atomic E-state index is 12.3. The molecule has 1 atom stereocenters. The van der Waals surface area contributed by atoms with Gasteiger partial charge in [0.05, 0.1) is 17.1 Å². The monoisotopic (exact) mass is 364 g/mol. The normalized spacial score (nSPS) is 16.5. The number of hydrogen-bond acceptors (Lipinski definition) is 7. The Bertz CT molecular complexity index is 907. The van der Waals surface area contributed by atoms with E-state index >= 15 is 0 Å². The van der Waals surface area contributed by atoms with Crippen molar-refractivity contribution in [2.75, 3.05) is 11.1 Å². The molecule has 1 aliphatic rings. The van der Waals surface area contributed by atoms with Gasteiger partial charge in [0, 0.05) is 30.8 Å². The molecule has 2 aromatic rings. The quantitative estimate of drug-likeness (QED) is 0.779. The van der Waals surface area contributed by atoms with Gasteiger partial charge in [0.1, 0.15) is 0 Å². The molecule has 9 nitrogen and oxygen atoms in total. The van der Waals surface area contributed by atoms with Crippen LogP contribution in [0.3, 0.4) is 0 Å². The standard InChI is InChI=1S/C15H16N4O5S/c1-10(13(20)18-15-16-4-2-5-17-15)24-14(21)11-3-6-19-7-8-25(22,23)9-12(11)19/h2-6,10H,7-9H2,1H3,(H,16,17,18,20). The highest BCUT2D eigenvalue weighted by molar-refractivity contribution is 7.90. The summed E-state index contributed by atoms with van der Waals surface area (Å²) in [5.74, 6) is -1.41. The average molecular weight is 364 g/mol. The van der Waals surface area contributed by atoms with Crippen molar-refractivity contribution < 1.29 is 22.7 Å². The van der Waals surface area contributed by atoms with Crippen LogP contribution < -0.4 is 5.32 Å². The van der Waals surface area contributed by atoms with Crippen LogP contribution in [0.4, 0.5) is 5.95 Å². The van der Waals surface area contributed by atoms with Crippen LogP contribution in [0.5, 0.6) is 0 Å². The van der Waals surface area contributed by atoms with Crippen molar-refractivity contribution in [2.24, 2.45) is 0 Å². The van der Waals surface area contributed by atoms with Crippen molar-refractivity contribution >= 4 is 27.7 Å². The number of aryl methyl sites for hydroxylation is 1. The minimum Gasteiger partial charge on any atom is -0.449 e. The Kier molecular flexibility index (Phi) is 4.53. The van der Waals surface area contributed by atoms with Crippen LogP contribution in [0.15, 0.2) is 30.7 Å². The topological polar surface area (TPSA) is 120 Å². The number of aromatic nitrogens is 3. The van der Waals surface area contributed by atoms with Gasteiger partial charge in [-0.3, -0.25) is 10.1 Å². The molecule has 3 heterocycles. The molecular formula is C15H16N4O5S. The fourth-order valence-electron chi connectivity index (χ4n) is 2.43. The van der Waals surface area contributed by atoms with Crippen molar-refractivity contribution in [1.82, 2.24) is 14.5 Å². The van der Waals surface area contributed by atoms with Gasteiger partial charge >= 0.3 is 5.97 Å². The van der Waals surface area contributed by atoms with Gasteiger partial charge < -0.3 is 9.30 Å². The summed E-state index contributed by atoms with van der Waals surface area (Å²) >= 11 is 0. The van der Waals surface area contributed by atoms with Gasteiger partial charge in [0.25, 0.3) is 5.91 Å². The lowest BCUT2D eigenvalue weighted by atomic mass is 10.2. The van der Waals surface area contributed by atoms with E-state index in [4.69, 9.17) is 4.74 Å². The van der Waals surface area contributed by atoms with Crippen LogP contribution in [0, 0.1) is 0 Å².